The third-order valence-electron chi connectivity index (χ3n) is 1.99. The lowest BCUT2D eigenvalue weighted by Gasteiger charge is -2.06. The first-order chi connectivity index (χ1) is 7.25. The fraction of sp³-hybridized carbons (Fsp3) is 0.182. The Hall–Kier alpha value is -1.29. The van der Waals surface area contributed by atoms with E-state index in [1.807, 2.05) is 31.2 Å². The minimum atomic E-state index is 0.392. The second kappa shape index (κ2) is 4.49. The minimum absolute atomic E-state index is 0.392. The van der Waals surface area contributed by atoms with Gasteiger partial charge in [0.15, 0.2) is 5.76 Å². The van der Waals surface area contributed by atoms with Crippen molar-refractivity contribution in [1.82, 2.24) is 4.98 Å². The van der Waals surface area contributed by atoms with E-state index in [9.17, 15) is 0 Å². The summed E-state index contributed by atoms with van der Waals surface area (Å²) in [5.41, 5.74) is 1.11. The van der Waals surface area contributed by atoms with Gasteiger partial charge in [0, 0.05) is 15.9 Å². The van der Waals surface area contributed by atoms with Crippen molar-refractivity contribution in [2.24, 2.45) is 0 Å². The van der Waals surface area contributed by atoms with Crippen LogP contribution in [0.2, 0.25) is 0 Å². The SMILES string of the molecule is Cc1ccccc1OCc1cnc(Br)o1. The highest BCUT2D eigenvalue weighted by Gasteiger charge is 2.03. The lowest BCUT2D eigenvalue weighted by Crippen LogP contribution is -1.95. The van der Waals surface area contributed by atoms with E-state index in [0.717, 1.165) is 11.3 Å². The van der Waals surface area contributed by atoms with Crippen LogP contribution in [0.4, 0.5) is 0 Å². The topological polar surface area (TPSA) is 35.3 Å². The number of aryl methyl sites for hydroxylation is 1. The van der Waals surface area contributed by atoms with E-state index in [-0.39, 0.29) is 0 Å². The number of ether oxygens (including phenoxy) is 1. The summed E-state index contributed by atoms with van der Waals surface area (Å²) in [5.74, 6) is 1.56. The van der Waals surface area contributed by atoms with Crippen LogP contribution in [-0.4, -0.2) is 4.98 Å². The fourth-order valence-corrected chi connectivity index (χ4v) is 1.53. The Kier molecular flexibility index (Phi) is 3.06. The maximum Gasteiger partial charge on any atom is 0.264 e. The van der Waals surface area contributed by atoms with Crippen LogP contribution in [0.25, 0.3) is 0 Å². The number of hydrogen-bond acceptors (Lipinski definition) is 3. The van der Waals surface area contributed by atoms with Crippen LogP contribution < -0.4 is 4.74 Å². The molecule has 1 heterocycles. The summed E-state index contributed by atoms with van der Waals surface area (Å²) in [6.45, 7) is 2.40. The monoisotopic (exact) mass is 267 g/mol. The number of benzene rings is 1. The zero-order chi connectivity index (χ0) is 10.7. The number of halogens is 1. The maximum absolute atomic E-state index is 5.58. The Morgan fingerprint density at radius 3 is 2.87 bits per heavy atom. The molecule has 0 aliphatic rings. The van der Waals surface area contributed by atoms with Gasteiger partial charge < -0.3 is 9.15 Å². The van der Waals surface area contributed by atoms with E-state index in [2.05, 4.69) is 20.9 Å². The average molecular weight is 268 g/mol. The van der Waals surface area contributed by atoms with Gasteiger partial charge in [-0.3, -0.25) is 0 Å². The summed E-state index contributed by atoms with van der Waals surface area (Å²) < 4.78 is 10.8. The van der Waals surface area contributed by atoms with Crippen LogP contribution in [0.1, 0.15) is 11.3 Å². The van der Waals surface area contributed by atoms with Gasteiger partial charge in [-0.1, -0.05) is 18.2 Å². The zero-order valence-corrected chi connectivity index (χ0v) is 9.82. The molecule has 0 fully saturated rings. The summed E-state index contributed by atoms with van der Waals surface area (Å²) in [5, 5.41) is 0. The number of para-hydroxylation sites is 1. The Labute approximate surface area is 96.2 Å². The molecule has 0 amide bonds. The van der Waals surface area contributed by atoms with Crippen molar-refractivity contribution in [3.05, 3.63) is 46.6 Å². The Bertz CT molecular complexity index is 453. The first kappa shape index (κ1) is 10.2. The molecule has 1 aromatic heterocycles. The second-order valence-electron chi connectivity index (χ2n) is 3.13. The Morgan fingerprint density at radius 1 is 1.40 bits per heavy atom. The zero-order valence-electron chi connectivity index (χ0n) is 8.24. The van der Waals surface area contributed by atoms with Gasteiger partial charge in [-0.05, 0) is 18.6 Å². The molecule has 2 aromatic rings. The molecule has 0 unspecified atom stereocenters. The van der Waals surface area contributed by atoms with Gasteiger partial charge in [0.05, 0.1) is 6.20 Å². The molecule has 15 heavy (non-hydrogen) atoms. The summed E-state index contributed by atoms with van der Waals surface area (Å²) in [7, 11) is 0. The molecule has 0 radical (unpaired) electrons. The Balaban J connectivity index is 2.02. The molecule has 0 saturated heterocycles. The highest BCUT2D eigenvalue weighted by atomic mass is 79.9. The lowest BCUT2D eigenvalue weighted by molar-refractivity contribution is 0.266. The molecule has 0 aliphatic carbocycles. The number of hydrogen-bond donors (Lipinski definition) is 0. The maximum atomic E-state index is 5.58. The molecule has 0 spiro atoms. The summed E-state index contributed by atoms with van der Waals surface area (Å²) in [4.78, 5) is 4.40. The van der Waals surface area contributed by atoms with E-state index in [1.165, 1.54) is 0 Å². The quantitative estimate of drug-likeness (QED) is 0.856. The third-order valence-corrected chi connectivity index (χ3v) is 2.36. The minimum Gasteiger partial charge on any atom is -0.485 e. The number of nitrogens with zero attached hydrogens (tertiary/aromatic N) is 1. The molecular formula is C11H10BrNO2. The van der Waals surface area contributed by atoms with Crippen LogP contribution in [0, 0.1) is 6.92 Å². The molecule has 3 nitrogen and oxygen atoms in total. The first-order valence-corrected chi connectivity index (χ1v) is 5.33. The van der Waals surface area contributed by atoms with E-state index >= 15 is 0 Å². The molecule has 0 N–H and O–H groups in total. The Morgan fingerprint density at radius 2 is 2.20 bits per heavy atom. The highest BCUT2D eigenvalue weighted by molar-refractivity contribution is 9.10. The predicted molar refractivity (Wildman–Crippen MR) is 59.7 cm³/mol. The van der Waals surface area contributed by atoms with Crippen LogP contribution >= 0.6 is 15.9 Å². The normalized spacial score (nSPS) is 10.3. The predicted octanol–water partition coefficient (Wildman–Crippen LogP) is 3.32. The molecular weight excluding hydrogens is 258 g/mol. The van der Waals surface area contributed by atoms with Gasteiger partial charge in [-0.15, -0.1) is 0 Å². The van der Waals surface area contributed by atoms with Crippen LogP contribution in [-0.2, 0) is 6.61 Å². The molecule has 0 bridgehead atoms. The van der Waals surface area contributed by atoms with Crippen molar-refractivity contribution in [3.8, 4) is 5.75 Å². The van der Waals surface area contributed by atoms with Gasteiger partial charge in [-0.25, -0.2) is 4.98 Å². The van der Waals surface area contributed by atoms with E-state index in [0.29, 0.717) is 17.2 Å². The van der Waals surface area contributed by atoms with Crippen LogP contribution in [0.3, 0.4) is 0 Å². The first-order valence-electron chi connectivity index (χ1n) is 4.54. The third kappa shape index (κ3) is 2.59. The summed E-state index contributed by atoms with van der Waals surface area (Å²) in [6, 6.07) is 7.86. The molecule has 0 saturated carbocycles. The molecule has 0 aliphatic heterocycles. The molecule has 0 atom stereocenters. The number of rotatable bonds is 3. The van der Waals surface area contributed by atoms with Gasteiger partial charge in [-0.2, -0.15) is 0 Å². The van der Waals surface area contributed by atoms with Crippen molar-refractivity contribution < 1.29 is 9.15 Å². The number of aromatic nitrogens is 1. The highest BCUT2D eigenvalue weighted by Crippen LogP contribution is 2.18. The number of oxazole rings is 1. The van der Waals surface area contributed by atoms with Gasteiger partial charge in [0.2, 0.25) is 0 Å². The standard InChI is InChI=1S/C11H10BrNO2/c1-8-4-2-3-5-10(8)14-7-9-6-13-11(12)15-9/h2-6H,7H2,1H3. The van der Waals surface area contributed by atoms with E-state index in [1.54, 1.807) is 6.20 Å². The van der Waals surface area contributed by atoms with Crippen molar-refractivity contribution in [3.63, 3.8) is 0 Å². The summed E-state index contributed by atoms with van der Waals surface area (Å²) in [6.07, 6.45) is 1.64. The van der Waals surface area contributed by atoms with Gasteiger partial charge in [0.25, 0.3) is 4.80 Å². The summed E-state index contributed by atoms with van der Waals surface area (Å²) >= 11 is 3.14. The van der Waals surface area contributed by atoms with Crippen molar-refractivity contribution >= 4 is 15.9 Å². The van der Waals surface area contributed by atoms with E-state index in [4.69, 9.17) is 9.15 Å². The lowest BCUT2D eigenvalue weighted by atomic mass is 10.2. The van der Waals surface area contributed by atoms with E-state index < -0.39 is 0 Å². The second-order valence-corrected chi connectivity index (χ2v) is 3.81. The van der Waals surface area contributed by atoms with Crippen LogP contribution in [0.5, 0.6) is 5.75 Å². The smallest absolute Gasteiger partial charge is 0.264 e. The molecule has 78 valence electrons. The molecule has 1 aromatic carbocycles. The van der Waals surface area contributed by atoms with Crippen LogP contribution in [0.15, 0.2) is 39.7 Å². The van der Waals surface area contributed by atoms with Crippen molar-refractivity contribution in [2.45, 2.75) is 13.5 Å². The molecule has 2 rings (SSSR count). The van der Waals surface area contributed by atoms with Gasteiger partial charge in [0.1, 0.15) is 12.4 Å². The fourth-order valence-electron chi connectivity index (χ4n) is 1.22. The van der Waals surface area contributed by atoms with Crippen molar-refractivity contribution in [2.75, 3.05) is 0 Å². The average Bonchev–Trinajstić information content (AvgIpc) is 2.63. The van der Waals surface area contributed by atoms with Crippen molar-refractivity contribution in [1.29, 1.82) is 0 Å². The molecule has 4 heteroatoms. The van der Waals surface area contributed by atoms with Gasteiger partial charge >= 0.3 is 0 Å². The largest absolute Gasteiger partial charge is 0.485 e.